The number of piperidine rings is 1. The highest BCUT2D eigenvalue weighted by Crippen LogP contribution is 2.11. The summed E-state index contributed by atoms with van der Waals surface area (Å²) < 4.78 is 5.03. The molecular weight excluding hydrogens is 300 g/mol. The van der Waals surface area contributed by atoms with E-state index in [1.165, 1.54) is 5.56 Å². The first-order valence-electron chi connectivity index (χ1n) is 7.63. The lowest BCUT2D eigenvalue weighted by molar-refractivity contribution is 0.0963. The summed E-state index contributed by atoms with van der Waals surface area (Å²) in [5, 5.41) is 10.9. The van der Waals surface area contributed by atoms with E-state index in [1.807, 2.05) is 6.92 Å². The third kappa shape index (κ3) is 4.91. The first kappa shape index (κ1) is 16.6. The van der Waals surface area contributed by atoms with Crippen molar-refractivity contribution >= 4 is 23.4 Å². The van der Waals surface area contributed by atoms with Crippen molar-refractivity contribution in [3.8, 4) is 0 Å². The fourth-order valence-corrected chi connectivity index (χ4v) is 3.06. The molecule has 0 radical (unpaired) electrons. The van der Waals surface area contributed by atoms with E-state index in [9.17, 15) is 4.79 Å². The third-order valence-electron chi connectivity index (χ3n) is 3.63. The lowest BCUT2D eigenvalue weighted by Crippen LogP contribution is -2.49. The van der Waals surface area contributed by atoms with E-state index in [4.69, 9.17) is 4.74 Å². The second-order valence-corrected chi connectivity index (χ2v) is 5.94. The van der Waals surface area contributed by atoms with E-state index in [1.54, 1.807) is 23.3 Å². The Labute approximate surface area is 135 Å². The van der Waals surface area contributed by atoms with E-state index < -0.39 is 0 Å². The van der Waals surface area contributed by atoms with Crippen LogP contribution in [0.5, 0.6) is 0 Å². The maximum absolute atomic E-state index is 11.7. The molecule has 0 atom stereocenters. The number of nitrogens with zero attached hydrogens (tertiary/aromatic N) is 2. The first-order chi connectivity index (χ1) is 10.7. The molecule has 0 spiro atoms. The highest BCUT2D eigenvalue weighted by molar-refractivity contribution is 7.07. The summed E-state index contributed by atoms with van der Waals surface area (Å²) >= 11 is 1.69. The Bertz CT molecular complexity index is 482. The molecule has 7 heteroatoms. The van der Waals surface area contributed by atoms with Crippen LogP contribution in [0.25, 0.3) is 0 Å². The van der Waals surface area contributed by atoms with Gasteiger partial charge in [0, 0.05) is 32.7 Å². The minimum atomic E-state index is -0.207. The zero-order valence-corrected chi connectivity index (χ0v) is 14.0. The van der Waals surface area contributed by atoms with Gasteiger partial charge in [0.25, 0.3) is 0 Å². The van der Waals surface area contributed by atoms with Crippen LogP contribution in [0.4, 0.5) is 4.79 Å². The molecule has 1 aromatic rings. The van der Waals surface area contributed by atoms with Crippen LogP contribution in [-0.2, 0) is 11.3 Å². The second kappa shape index (κ2) is 8.63. The number of amides is 1. The van der Waals surface area contributed by atoms with Gasteiger partial charge in [0.05, 0.1) is 6.61 Å². The van der Waals surface area contributed by atoms with Crippen molar-refractivity contribution < 1.29 is 9.53 Å². The summed E-state index contributed by atoms with van der Waals surface area (Å²) in [6.45, 7) is 4.46. The molecule has 1 aliphatic heterocycles. The molecule has 22 heavy (non-hydrogen) atoms. The van der Waals surface area contributed by atoms with Crippen molar-refractivity contribution in [3.63, 3.8) is 0 Å². The van der Waals surface area contributed by atoms with Gasteiger partial charge in [0.1, 0.15) is 0 Å². The number of aliphatic imine (C=N–C) groups is 1. The van der Waals surface area contributed by atoms with Crippen molar-refractivity contribution in [2.45, 2.75) is 32.4 Å². The Hall–Kier alpha value is -1.76. The van der Waals surface area contributed by atoms with Gasteiger partial charge in [-0.2, -0.15) is 11.3 Å². The number of guanidine groups is 1. The smallest absolute Gasteiger partial charge is 0.409 e. The minimum absolute atomic E-state index is 0.207. The Morgan fingerprint density at radius 1 is 1.50 bits per heavy atom. The summed E-state index contributed by atoms with van der Waals surface area (Å²) in [5.41, 5.74) is 1.25. The molecule has 2 rings (SSSR count). The molecule has 1 aliphatic rings. The van der Waals surface area contributed by atoms with E-state index in [0.29, 0.717) is 12.6 Å². The molecule has 1 amide bonds. The molecule has 2 N–H and O–H groups in total. The van der Waals surface area contributed by atoms with Gasteiger partial charge in [-0.3, -0.25) is 4.99 Å². The van der Waals surface area contributed by atoms with Gasteiger partial charge < -0.3 is 20.3 Å². The monoisotopic (exact) mass is 324 g/mol. The van der Waals surface area contributed by atoms with Crippen LogP contribution in [0.3, 0.4) is 0 Å². The van der Waals surface area contributed by atoms with E-state index in [0.717, 1.165) is 38.4 Å². The number of thiophene rings is 1. The number of rotatable bonds is 4. The fourth-order valence-electron chi connectivity index (χ4n) is 2.39. The predicted octanol–water partition coefficient (Wildman–Crippen LogP) is 2.03. The quantitative estimate of drug-likeness (QED) is 0.657. The van der Waals surface area contributed by atoms with Crippen LogP contribution in [0.2, 0.25) is 0 Å². The lowest BCUT2D eigenvalue weighted by Gasteiger charge is -2.32. The average Bonchev–Trinajstić information content (AvgIpc) is 3.05. The summed E-state index contributed by atoms with van der Waals surface area (Å²) in [7, 11) is 1.77. The fraction of sp³-hybridized carbons (Fsp3) is 0.600. The van der Waals surface area contributed by atoms with Gasteiger partial charge in [0.15, 0.2) is 5.96 Å². The van der Waals surface area contributed by atoms with E-state index in [-0.39, 0.29) is 6.09 Å². The van der Waals surface area contributed by atoms with Gasteiger partial charge in [-0.1, -0.05) is 0 Å². The topological polar surface area (TPSA) is 66.0 Å². The molecular formula is C15H24N4O2S. The molecule has 122 valence electrons. The lowest BCUT2D eigenvalue weighted by atomic mass is 10.1. The van der Waals surface area contributed by atoms with Gasteiger partial charge in [0.2, 0.25) is 0 Å². The number of hydrogen-bond donors (Lipinski definition) is 2. The van der Waals surface area contributed by atoms with Crippen LogP contribution in [-0.4, -0.2) is 49.7 Å². The summed E-state index contributed by atoms with van der Waals surface area (Å²) in [5.74, 6) is 0.806. The molecule has 1 saturated heterocycles. The zero-order valence-electron chi connectivity index (χ0n) is 13.2. The normalized spacial score (nSPS) is 16.5. The summed E-state index contributed by atoms with van der Waals surface area (Å²) in [6, 6.07) is 2.43. The van der Waals surface area contributed by atoms with Crippen LogP contribution < -0.4 is 10.6 Å². The summed E-state index contributed by atoms with van der Waals surface area (Å²) in [4.78, 5) is 17.7. The molecule has 1 fully saturated rings. The van der Waals surface area contributed by atoms with Crippen molar-refractivity contribution in [1.29, 1.82) is 0 Å². The second-order valence-electron chi connectivity index (χ2n) is 5.16. The third-order valence-corrected chi connectivity index (χ3v) is 4.36. The van der Waals surface area contributed by atoms with Gasteiger partial charge in [-0.25, -0.2) is 4.79 Å². The Balaban J connectivity index is 1.73. The molecule has 6 nitrogen and oxygen atoms in total. The maximum atomic E-state index is 11.7. The number of ether oxygens (including phenoxy) is 1. The highest BCUT2D eigenvalue weighted by Gasteiger charge is 2.23. The number of likely N-dealkylation sites (tertiary alicyclic amines) is 1. The molecule has 0 bridgehead atoms. The van der Waals surface area contributed by atoms with Crippen molar-refractivity contribution in [2.75, 3.05) is 26.7 Å². The first-order valence-corrected chi connectivity index (χ1v) is 8.57. The van der Waals surface area contributed by atoms with Crippen LogP contribution >= 0.6 is 11.3 Å². The standard InChI is InChI=1S/C15H24N4O2S/c1-3-21-15(20)19-7-4-13(5-8-19)18-14(16-2)17-10-12-6-9-22-11-12/h6,9,11,13H,3-5,7-8,10H2,1-2H3,(H2,16,17,18). The van der Waals surface area contributed by atoms with Crippen LogP contribution in [0, 0.1) is 0 Å². The number of nitrogens with one attached hydrogen (secondary N) is 2. The number of carbonyl (C=O) groups excluding carboxylic acids is 1. The number of hydrogen-bond acceptors (Lipinski definition) is 4. The van der Waals surface area contributed by atoms with Crippen LogP contribution in [0.15, 0.2) is 21.8 Å². The Morgan fingerprint density at radius 3 is 2.86 bits per heavy atom. The van der Waals surface area contributed by atoms with Crippen molar-refractivity contribution in [3.05, 3.63) is 22.4 Å². The van der Waals surface area contributed by atoms with Gasteiger partial charge >= 0.3 is 6.09 Å². The van der Waals surface area contributed by atoms with Crippen molar-refractivity contribution in [1.82, 2.24) is 15.5 Å². The largest absolute Gasteiger partial charge is 0.450 e. The predicted molar refractivity (Wildman–Crippen MR) is 89.3 cm³/mol. The van der Waals surface area contributed by atoms with Gasteiger partial charge in [-0.05, 0) is 42.2 Å². The van der Waals surface area contributed by atoms with Crippen LogP contribution in [0.1, 0.15) is 25.3 Å². The molecule has 2 heterocycles. The Morgan fingerprint density at radius 2 is 2.27 bits per heavy atom. The number of carbonyl (C=O) groups is 1. The maximum Gasteiger partial charge on any atom is 0.409 e. The minimum Gasteiger partial charge on any atom is -0.450 e. The Kier molecular flexibility index (Phi) is 6.51. The van der Waals surface area contributed by atoms with E-state index >= 15 is 0 Å². The molecule has 0 unspecified atom stereocenters. The molecule has 1 aromatic heterocycles. The molecule has 0 aliphatic carbocycles. The summed E-state index contributed by atoms with van der Waals surface area (Å²) in [6.07, 6.45) is 1.59. The zero-order chi connectivity index (χ0) is 15.8. The molecule has 0 saturated carbocycles. The van der Waals surface area contributed by atoms with Gasteiger partial charge in [-0.15, -0.1) is 0 Å². The van der Waals surface area contributed by atoms with Crippen molar-refractivity contribution in [2.24, 2.45) is 4.99 Å². The average molecular weight is 324 g/mol. The SMILES string of the molecule is CCOC(=O)N1CCC(NC(=NC)NCc2ccsc2)CC1. The molecule has 0 aromatic carbocycles. The van der Waals surface area contributed by atoms with E-state index in [2.05, 4.69) is 32.5 Å². The highest BCUT2D eigenvalue weighted by atomic mass is 32.1.